The summed E-state index contributed by atoms with van der Waals surface area (Å²) in [7, 11) is 1.69. The first-order valence-corrected chi connectivity index (χ1v) is 6.53. The van der Waals surface area contributed by atoms with Crippen LogP contribution in [0.4, 0.5) is 0 Å². The Kier molecular flexibility index (Phi) is 4.93. The standard InChI is InChI=1S/C16H20N2O/c1-13(18-12-15-4-3-9-17-11-15)10-14-5-7-16(19-2)8-6-14/h3-9,11,13,18H,10,12H2,1-2H3/t13-/m1/s1. The number of hydrogen-bond donors (Lipinski definition) is 1. The summed E-state index contributed by atoms with van der Waals surface area (Å²) in [6.07, 6.45) is 4.70. The van der Waals surface area contributed by atoms with Crippen molar-refractivity contribution in [3.63, 3.8) is 0 Å². The topological polar surface area (TPSA) is 34.1 Å². The molecule has 1 atom stereocenters. The maximum atomic E-state index is 5.16. The Labute approximate surface area is 114 Å². The third-order valence-corrected chi connectivity index (χ3v) is 3.08. The number of aromatic nitrogens is 1. The number of pyridine rings is 1. The third-order valence-electron chi connectivity index (χ3n) is 3.08. The molecule has 0 spiro atoms. The molecule has 0 fully saturated rings. The van der Waals surface area contributed by atoms with Gasteiger partial charge in [-0.3, -0.25) is 4.98 Å². The van der Waals surface area contributed by atoms with Gasteiger partial charge in [-0.05, 0) is 42.7 Å². The highest BCUT2D eigenvalue weighted by molar-refractivity contribution is 5.27. The fraction of sp³-hybridized carbons (Fsp3) is 0.312. The second kappa shape index (κ2) is 6.90. The molecule has 0 aliphatic heterocycles. The van der Waals surface area contributed by atoms with E-state index in [0.717, 1.165) is 18.7 Å². The summed E-state index contributed by atoms with van der Waals surface area (Å²) in [6.45, 7) is 3.05. The van der Waals surface area contributed by atoms with Gasteiger partial charge in [-0.15, -0.1) is 0 Å². The van der Waals surface area contributed by atoms with Crippen molar-refractivity contribution in [2.24, 2.45) is 0 Å². The van der Waals surface area contributed by atoms with Gasteiger partial charge in [0.15, 0.2) is 0 Å². The molecule has 0 bridgehead atoms. The Balaban J connectivity index is 1.82. The molecule has 0 saturated heterocycles. The zero-order chi connectivity index (χ0) is 13.5. The number of rotatable bonds is 6. The van der Waals surface area contributed by atoms with Crippen molar-refractivity contribution in [3.05, 3.63) is 59.9 Å². The van der Waals surface area contributed by atoms with Crippen LogP contribution in [0.3, 0.4) is 0 Å². The first kappa shape index (κ1) is 13.6. The molecule has 100 valence electrons. The van der Waals surface area contributed by atoms with Crippen molar-refractivity contribution in [2.45, 2.75) is 25.9 Å². The summed E-state index contributed by atoms with van der Waals surface area (Å²) in [5.74, 6) is 0.903. The second-order valence-corrected chi connectivity index (χ2v) is 4.70. The number of nitrogens with one attached hydrogen (secondary N) is 1. The van der Waals surface area contributed by atoms with Gasteiger partial charge < -0.3 is 10.1 Å². The van der Waals surface area contributed by atoms with Gasteiger partial charge in [0.1, 0.15) is 5.75 Å². The summed E-state index contributed by atoms with van der Waals surface area (Å²) < 4.78 is 5.16. The van der Waals surface area contributed by atoms with Gasteiger partial charge in [0.25, 0.3) is 0 Å². The van der Waals surface area contributed by atoms with E-state index in [-0.39, 0.29) is 0 Å². The first-order chi connectivity index (χ1) is 9.28. The van der Waals surface area contributed by atoms with E-state index in [1.807, 2.05) is 24.4 Å². The first-order valence-electron chi connectivity index (χ1n) is 6.53. The summed E-state index contributed by atoms with van der Waals surface area (Å²) in [6, 6.07) is 12.7. The molecule has 2 aromatic rings. The minimum Gasteiger partial charge on any atom is -0.497 e. The molecule has 0 unspecified atom stereocenters. The Morgan fingerprint density at radius 2 is 1.95 bits per heavy atom. The molecule has 3 heteroatoms. The Morgan fingerprint density at radius 1 is 1.16 bits per heavy atom. The highest BCUT2D eigenvalue weighted by Crippen LogP contribution is 2.12. The van der Waals surface area contributed by atoms with E-state index in [2.05, 4.69) is 35.4 Å². The maximum absolute atomic E-state index is 5.16. The highest BCUT2D eigenvalue weighted by Gasteiger charge is 2.03. The molecule has 0 amide bonds. The SMILES string of the molecule is COc1ccc(C[C@@H](C)NCc2cccnc2)cc1. The lowest BCUT2D eigenvalue weighted by Gasteiger charge is -2.14. The van der Waals surface area contributed by atoms with Gasteiger partial charge >= 0.3 is 0 Å². The molecule has 19 heavy (non-hydrogen) atoms. The molecular formula is C16H20N2O. The maximum Gasteiger partial charge on any atom is 0.118 e. The molecular weight excluding hydrogens is 236 g/mol. The van der Waals surface area contributed by atoms with Crippen LogP contribution in [-0.2, 0) is 13.0 Å². The van der Waals surface area contributed by atoms with Crippen LogP contribution in [0, 0.1) is 0 Å². The molecule has 2 rings (SSSR count). The second-order valence-electron chi connectivity index (χ2n) is 4.70. The predicted octanol–water partition coefficient (Wildman–Crippen LogP) is 2.81. The van der Waals surface area contributed by atoms with Crippen LogP contribution in [0.15, 0.2) is 48.8 Å². The molecule has 1 N–H and O–H groups in total. The fourth-order valence-corrected chi connectivity index (χ4v) is 1.98. The molecule has 1 heterocycles. The number of methoxy groups -OCH3 is 1. The molecule has 1 aromatic carbocycles. The summed E-state index contributed by atoms with van der Waals surface area (Å²) in [4.78, 5) is 4.11. The van der Waals surface area contributed by atoms with E-state index in [1.165, 1.54) is 11.1 Å². The molecule has 0 radical (unpaired) electrons. The molecule has 0 aliphatic carbocycles. The molecule has 3 nitrogen and oxygen atoms in total. The van der Waals surface area contributed by atoms with E-state index >= 15 is 0 Å². The Morgan fingerprint density at radius 3 is 2.58 bits per heavy atom. The summed E-state index contributed by atoms with van der Waals surface area (Å²) >= 11 is 0. The van der Waals surface area contributed by atoms with Crippen LogP contribution in [0.1, 0.15) is 18.1 Å². The van der Waals surface area contributed by atoms with Gasteiger partial charge in [-0.2, -0.15) is 0 Å². The van der Waals surface area contributed by atoms with Gasteiger partial charge in [0.2, 0.25) is 0 Å². The zero-order valence-electron chi connectivity index (χ0n) is 11.5. The van der Waals surface area contributed by atoms with Gasteiger partial charge in [0, 0.05) is 25.0 Å². The van der Waals surface area contributed by atoms with Crippen molar-refractivity contribution in [3.8, 4) is 5.75 Å². The summed E-state index contributed by atoms with van der Waals surface area (Å²) in [5.41, 5.74) is 2.52. The average Bonchev–Trinajstić information content (AvgIpc) is 2.47. The van der Waals surface area contributed by atoms with Crippen LogP contribution < -0.4 is 10.1 Å². The quantitative estimate of drug-likeness (QED) is 0.863. The number of benzene rings is 1. The number of hydrogen-bond acceptors (Lipinski definition) is 3. The van der Waals surface area contributed by atoms with Crippen molar-refractivity contribution >= 4 is 0 Å². The normalized spacial score (nSPS) is 12.1. The van der Waals surface area contributed by atoms with Crippen molar-refractivity contribution < 1.29 is 4.74 Å². The highest BCUT2D eigenvalue weighted by atomic mass is 16.5. The van der Waals surface area contributed by atoms with Crippen LogP contribution in [0.5, 0.6) is 5.75 Å². The molecule has 0 saturated carbocycles. The van der Waals surface area contributed by atoms with E-state index in [4.69, 9.17) is 4.74 Å². The van der Waals surface area contributed by atoms with Gasteiger partial charge in [-0.25, -0.2) is 0 Å². The minimum atomic E-state index is 0.425. The number of nitrogens with zero attached hydrogens (tertiary/aromatic N) is 1. The monoisotopic (exact) mass is 256 g/mol. The third kappa shape index (κ3) is 4.38. The van der Waals surface area contributed by atoms with Gasteiger partial charge in [0.05, 0.1) is 7.11 Å². The van der Waals surface area contributed by atoms with Gasteiger partial charge in [-0.1, -0.05) is 18.2 Å². The van der Waals surface area contributed by atoms with Crippen LogP contribution >= 0.6 is 0 Å². The van der Waals surface area contributed by atoms with Crippen molar-refractivity contribution in [1.82, 2.24) is 10.3 Å². The van der Waals surface area contributed by atoms with E-state index in [1.54, 1.807) is 13.3 Å². The minimum absolute atomic E-state index is 0.425. The number of ether oxygens (including phenoxy) is 1. The summed E-state index contributed by atoms with van der Waals surface area (Å²) in [5, 5.41) is 3.50. The van der Waals surface area contributed by atoms with Crippen LogP contribution in [0.2, 0.25) is 0 Å². The van der Waals surface area contributed by atoms with Crippen LogP contribution in [0.25, 0.3) is 0 Å². The predicted molar refractivity (Wildman–Crippen MR) is 77.2 cm³/mol. The Bertz CT molecular complexity index is 482. The molecule has 1 aromatic heterocycles. The van der Waals surface area contributed by atoms with E-state index in [0.29, 0.717) is 6.04 Å². The van der Waals surface area contributed by atoms with Crippen molar-refractivity contribution in [1.29, 1.82) is 0 Å². The lowest BCUT2D eigenvalue weighted by molar-refractivity contribution is 0.414. The lowest BCUT2D eigenvalue weighted by atomic mass is 10.1. The fourth-order valence-electron chi connectivity index (χ4n) is 1.98. The van der Waals surface area contributed by atoms with E-state index in [9.17, 15) is 0 Å². The largest absolute Gasteiger partial charge is 0.497 e. The zero-order valence-corrected chi connectivity index (χ0v) is 11.5. The average molecular weight is 256 g/mol. The van der Waals surface area contributed by atoms with E-state index < -0.39 is 0 Å². The smallest absolute Gasteiger partial charge is 0.118 e. The molecule has 0 aliphatic rings. The Hall–Kier alpha value is -1.87. The van der Waals surface area contributed by atoms with Crippen LogP contribution in [-0.4, -0.2) is 18.1 Å². The lowest BCUT2D eigenvalue weighted by Crippen LogP contribution is -2.27. The van der Waals surface area contributed by atoms with Crippen molar-refractivity contribution in [2.75, 3.05) is 7.11 Å².